The largest absolute Gasteiger partial charge is 0.369 e. The third kappa shape index (κ3) is 3.33. The average Bonchev–Trinajstić information content (AvgIpc) is 3.12. The predicted octanol–water partition coefficient (Wildman–Crippen LogP) is 2.11. The molecule has 2 aliphatic heterocycles. The molecular formula is C20H23N3O3S. The van der Waals surface area contributed by atoms with Gasteiger partial charge in [-0.2, -0.15) is 4.31 Å². The first kappa shape index (κ1) is 18.0. The maximum atomic E-state index is 13.1. The Morgan fingerprint density at radius 2 is 1.63 bits per heavy atom. The first-order valence-corrected chi connectivity index (χ1v) is 10.6. The summed E-state index contributed by atoms with van der Waals surface area (Å²) in [6.07, 6.45) is 0.695. The zero-order chi connectivity index (χ0) is 19.0. The van der Waals surface area contributed by atoms with Crippen LogP contribution in [0.2, 0.25) is 0 Å². The van der Waals surface area contributed by atoms with E-state index in [-0.39, 0.29) is 5.91 Å². The Morgan fingerprint density at radius 1 is 0.926 bits per heavy atom. The van der Waals surface area contributed by atoms with Gasteiger partial charge in [-0.25, -0.2) is 8.42 Å². The summed E-state index contributed by atoms with van der Waals surface area (Å²) >= 11 is 0. The van der Waals surface area contributed by atoms with Crippen molar-refractivity contribution in [1.29, 1.82) is 0 Å². The van der Waals surface area contributed by atoms with Crippen molar-refractivity contribution < 1.29 is 13.2 Å². The zero-order valence-electron chi connectivity index (χ0n) is 15.3. The smallest absolute Gasteiger partial charge is 0.243 e. The van der Waals surface area contributed by atoms with Gasteiger partial charge in [0.25, 0.3) is 0 Å². The van der Waals surface area contributed by atoms with Crippen LogP contribution in [0.5, 0.6) is 0 Å². The molecule has 0 aromatic heterocycles. The summed E-state index contributed by atoms with van der Waals surface area (Å²) in [5, 5.41) is 0. The second-order valence-electron chi connectivity index (χ2n) is 6.94. The fourth-order valence-electron chi connectivity index (χ4n) is 3.84. The van der Waals surface area contributed by atoms with Gasteiger partial charge in [-0.1, -0.05) is 18.2 Å². The number of amides is 1. The number of anilines is 2. The van der Waals surface area contributed by atoms with Crippen molar-refractivity contribution >= 4 is 27.3 Å². The number of benzene rings is 2. The number of nitrogens with zero attached hydrogens (tertiary/aromatic N) is 3. The van der Waals surface area contributed by atoms with Crippen LogP contribution in [0.3, 0.4) is 0 Å². The SMILES string of the molecule is CC(=O)N1CCc2cc(S(=O)(=O)N3CCN(c4ccccc4)CC3)ccc21. The Balaban J connectivity index is 1.51. The highest BCUT2D eigenvalue weighted by Gasteiger charge is 2.30. The average molecular weight is 385 g/mol. The monoisotopic (exact) mass is 385 g/mol. The molecule has 0 spiro atoms. The van der Waals surface area contributed by atoms with E-state index >= 15 is 0 Å². The number of hydrogen-bond acceptors (Lipinski definition) is 4. The molecule has 7 heteroatoms. The standard InChI is InChI=1S/C20H23N3O3S/c1-16(24)23-10-9-17-15-19(7-8-20(17)23)27(25,26)22-13-11-21(12-14-22)18-5-3-2-4-6-18/h2-8,15H,9-14H2,1H3. The molecule has 0 aliphatic carbocycles. The van der Waals surface area contributed by atoms with E-state index in [0.29, 0.717) is 44.0 Å². The highest BCUT2D eigenvalue weighted by Crippen LogP contribution is 2.31. The fourth-order valence-corrected chi connectivity index (χ4v) is 5.31. The van der Waals surface area contributed by atoms with Crippen LogP contribution in [-0.4, -0.2) is 51.4 Å². The van der Waals surface area contributed by atoms with E-state index in [1.165, 1.54) is 6.92 Å². The lowest BCUT2D eigenvalue weighted by Crippen LogP contribution is -2.48. The Kier molecular flexibility index (Phi) is 4.65. The molecule has 6 nitrogen and oxygen atoms in total. The Hall–Kier alpha value is -2.38. The Labute approximate surface area is 160 Å². The summed E-state index contributed by atoms with van der Waals surface area (Å²) in [7, 11) is -3.52. The molecule has 2 aromatic rings. The van der Waals surface area contributed by atoms with Crippen LogP contribution >= 0.6 is 0 Å². The minimum Gasteiger partial charge on any atom is -0.369 e. The minimum atomic E-state index is -3.52. The first-order chi connectivity index (χ1) is 13.0. The zero-order valence-corrected chi connectivity index (χ0v) is 16.2. The van der Waals surface area contributed by atoms with E-state index in [0.717, 1.165) is 16.9 Å². The number of hydrogen-bond donors (Lipinski definition) is 0. The molecule has 1 fully saturated rings. The summed E-state index contributed by atoms with van der Waals surface area (Å²) in [5.74, 6) is -0.0126. The van der Waals surface area contributed by atoms with E-state index in [1.807, 2.05) is 30.3 Å². The van der Waals surface area contributed by atoms with E-state index in [2.05, 4.69) is 4.90 Å². The number of sulfonamides is 1. The van der Waals surface area contributed by atoms with Crippen LogP contribution in [-0.2, 0) is 21.2 Å². The third-order valence-electron chi connectivity index (χ3n) is 5.32. The topological polar surface area (TPSA) is 60.9 Å². The number of fused-ring (bicyclic) bond motifs is 1. The molecule has 27 heavy (non-hydrogen) atoms. The predicted molar refractivity (Wildman–Crippen MR) is 106 cm³/mol. The molecular weight excluding hydrogens is 362 g/mol. The maximum absolute atomic E-state index is 13.1. The van der Waals surface area contributed by atoms with Gasteiger partial charge < -0.3 is 9.80 Å². The van der Waals surface area contributed by atoms with Gasteiger partial charge in [0.15, 0.2) is 0 Å². The van der Waals surface area contributed by atoms with E-state index in [4.69, 9.17) is 0 Å². The molecule has 0 bridgehead atoms. The third-order valence-corrected chi connectivity index (χ3v) is 7.22. The number of piperazine rings is 1. The molecule has 0 N–H and O–H groups in total. The van der Waals surface area contributed by atoms with Crippen molar-refractivity contribution in [1.82, 2.24) is 4.31 Å². The van der Waals surface area contributed by atoms with E-state index < -0.39 is 10.0 Å². The van der Waals surface area contributed by atoms with Crippen molar-refractivity contribution in [3.8, 4) is 0 Å². The van der Waals surface area contributed by atoms with Gasteiger partial charge >= 0.3 is 0 Å². The summed E-state index contributed by atoms with van der Waals surface area (Å²) in [5.41, 5.74) is 2.88. The molecule has 1 amide bonds. The van der Waals surface area contributed by atoms with Gasteiger partial charge in [-0.15, -0.1) is 0 Å². The second-order valence-corrected chi connectivity index (χ2v) is 8.88. The Morgan fingerprint density at radius 3 is 2.30 bits per heavy atom. The lowest BCUT2D eigenvalue weighted by atomic mass is 10.2. The normalized spacial score (nSPS) is 17.8. The minimum absolute atomic E-state index is 0.0126. The van der Waals surface area contributed by atoms with Crippen LogP contribution in [0.15, 0.2) is 53.4 Å². The molecule has 2 aliphatic rings. The molecule has 2 heterocycles. The lowest BCUT2D eigenvalue weighted by molar-refractivity contribution is -0.116. The maximum Gasteiger partial charge on any atom is 0.243 e. The second kappa shape index (κ2) is 6.98. The molecule has 2 aromatic carbocycles. The quantitative estimate of drug-likeness (QED) is 0.812. The summed E-state index contributed by atoms with van der Waals surface area (Å²) in [6, 6.07) is 15.2. The van der Waals surface area contributed by atoms with E-state index in [1.54, 1.807) is 27.4 Å². The molecule has 0 saturated carbocycles. The van der Waals surface area contributed by atoms with E-state index in [9.17, 15) is 13.2 Å². The molecule has 1 saturated heterocycles. The summed E-state index contributed by atoms with van der Waals surface area (Å²) < 4.78 is 27.7. The highest BCUT2D eigenvalue weighted by molar-refractivity contribution is 7.89. The van der Waals surface area contributed by atoms with Gasteiger partial charge in [-0.05, 0) is 42.3 Å². The molecule has 4 rings (SSSR count). The van der Waals surface area contributed by atoms with Crippen molar-refractivity contribution in [2.24, 2.45) is 0 Å². The van der Waals surface area contributed by atoms with Gasteiger partial charge in [0.2, 0.25) is 15.9 Å². The van der Waals surface area contributed by atoms with Crippen LogP contribution in [0, 0.1) is 0 Å². The van der Waals surface area contributed by atoms with Crippen LogP contribution in [0.1, 0.15) is 12.5 Å². The Bertz CT molecular complexity index is 952. The lowest BCUT2D eigenvalue weighted by Gasteiger charge is -2.35. The fraction of sp³-hybridized carbons (Fsp3) is 0.350. The van der Waals surface area contributed by atoms with Gasteiger partial charge in [0.1, 0.15) is 0 Å². The molecule has 0 unspecified atom stereocenters. The highest BCUT2D eigenvalue weighted by atomic mass is 32.2. The molecule has 0 atom stereocenters. The van der Waals surface area contributed by atoms with Gasteiger partial charge in [-0.3, -0.25) is 4.79 Å². The molecule has 142 valence electrons. The number of carbonyl (C=O) groups excluding carboxylic acids is 1. The van der Waals surface area contributed by atoms with Crippen LogP contribution in [0.4, 0.5) is 11.4 Å². The van der Waals surface area contributed by atoms with Crippen molar-refractivity contribution in [3.05, 3.63) is 54.1 Å². The molecule has 0 radical (unpaired) electrons. The van der Waals surface area contributed by atoms with Gasteiger partial charge in [0, 0.05) is 51.0 Å². The van der Waals surface area contributed by atoms with Crippen molar-refractivity contribution in [2.75, 3.05) is 42.5 Å². The van der Waals surface area contributed by atoms with Crippen molar-refractivity contribution in [2.45, 2.75) is 18.2 Å². The van der Waals surface area contributed by atoms with Crippen molar-refractivity contribution in [3.63, 3.8) is 0 Å². The number of rotatable bonds is 3. The van der Waals surface area contributed by atoms with Crippen LogP contribution < -0.4 is 9.80 Å². The first-order valence-electron chi connectivity index (χ1n) is 9.18. The van der Waals surface area contributed by atoms with Gasteiger partial charge in [0.05, 0.1) is 4.90 Å². The number of para-hydroxylation sites is 1. The summed E-state index contributed by atoms with van der Waals surface area (Å²) in [4.78, 5) is 15.9. The summed E-state index contributed by atoms with van der Waals surface area (Å²) in [6.45, 7) is 4.43. The van der Waals surface area contributed by atoms with Crippen LogP contribution in [0.25, 0.3) is 0 Å². The number of carbonyl (C=O) groups is 1.